The minimum absolute atomic E-state index is 0.136. The van der Waals surface area contributed by atoms with Crippen LogP contribution < -0.4 is 5.32 Å². The Hall–Kier alpha value is -0.480. The van der Waals surface area contributed by atoms with Crippen molar-refractivity contribution in [2.75, 3.05) is 13.2 Å². The summed E-state index contributed by atoms with van der Waals surface area (Å²) < 4.78 is 3.96. The van der Waals surface area contributed by atoms with Crippen LogP contribution in [0.4, 0.5) is 0 Å². The number of ether oxygens (including phenoxy) is 1. The molecule has 0 saturated heterocycles. The van der Waals surface area contributed by atoms with Gasteiger partial charge in [0.2, 0.25) is 3.79 Å². The first-order valence-corrected chi connectivity index (χ1v) is 7.45. The molecule has 1 N–H and O–H groups in total. The molecule has 3 nitrogen and oxygen atoms in total. The average Bonchev–Trinajstić information content (AvgIpc) is 2.37. The number of rotatable bonds is 6. The Labute approximate surface area is 134 Å². The smallest absolute Gasteiger partial charge is 0.251 e. The van der Waals surface area contributed by atoms with Crippen LogP contribution in [0, 0.1) is 5.92 Å². The summed E-state index contributed by atoms with van der Waals surface area (Å²) in [6.45, 7) is 4.59. The lowest BCUT2D eigenvalue weighted by Gasteiger charge is -2.25. The normalized spacial score (nSPS) is 13.3. The number of carbonyl (C=O) groups excluding carboxylic acids is 1. The number of hydrogen-bond donors (Lipinski definition) is 1. The second kappa shape index (κ2) is 8.08. The van der Waals surface area contributed by atoms with E-state index in [9.17, 15) is 4.79 Å². The van der Waals surface area contributed by atoms with E-state index in [2.05, 4.69) is 5.32 Å². The number of hydrogen-bond acceptors (Lipinski definition) is 2. The van der Waals surface area contributed by atoms with E-state index in [0.29, 0.717) is 18.1 Å². The van der Waals surface area contributed by atoms with Gasteiger partial charge in [0.25, 0.3) is 5.91 Å². The van der Waals surface area contributed by atoms with Crippen molar-refractivity contribution in [3.8, 4) is 0 Å². The Morgan fingerprint density at radius 2 is 1.85 bits per heavy atom. The topological polar surface area (TPSA) is 38.3 Å². The molecule has 0 aliphatic heterocycles. The quantitative estimate of drug-likeness (QED) is 0.801. The van der Waals surface area contributed by atoms with E-state index in [4.69, 9.17) is 39.5 Å². The third-order valence-electron chi connectivity index (χ3n) is 2.48. The number of nitrogens with one attached hydrogen (secondary N) is 1. The minimum Gasteiger partial charge on any atom is -0.372 e. The molecule has 6 heteroatoms. The van der Waals surface area contributed by atoms with Gasteiger partial charge in [0, 0.05) is 18.7 Å². The van der Waals surface area contributed by atoms with Crippen LogP contribution in [0.3, 0.4) is 0 Å². The van der Waals surface area contributed by atoms with Crippen LogP contribution in [-0.4, -0.2) is 29.0 Å². The molecular formula is C14H18Cl3NO2. The Bertz CT molecular complexity index is 418. The highest BCUT2D eigenvalue weighted by Gasteiger charge is 2.34. The fraction of sp³-hybridized carbons (Fsp3) is 0.500. The van der Waals surface area contributed by atoms with Crippen LogP contribution in [0.15, 0.2) is 30.3 Å². The van der Waals surface area contributed by atoms with Gasteiger partial charge in [-0.25, -0.2) is 0 Å². The second-order valence-electron chi connectivity index (χ2n) is 4.83. The van der Waals surface area contributed by atoms with Gasteiger partial charge in [-0.1, -0.05) is 66.8 Å². The monoisotopic (exact) mass is 337 g/mol. The van der Waals surface area contributed by atoms with E-state index in [1.165, 1.54) is 0 Å². The van der Waals surface area contributed by atoms with Crippen molar-refractivity contribution in [2.45, 2.75) is 23.7 Å². The van der Waals surface area contributed by atoms with Gasteiger partial charge < -0.3 is 10.1 Å². The maximum absolute atomic E-state index is 11.9. The number of carbonyl (C=O) groups is 1. The fourth-order valence-electron chi connectivity index (χ4n) is 1.45. The zero-order chi connectivity index (χ0) is 15.2. The van der Waals surface area contributed by atoms with E-state index < -0.39 is 9.90 Å². The molecule has 0 radical (unpaired) electrons. The highest BCUT2D eigenvalue weighted by Crippen LogP contribution is 2.32. The zero-order valence-electron chi connectivity index (χ0n) is 11.4. The van der Waals surface area contributed by atoms with E-state index in [0.717, 1.165) is 0 Å². The molecule has 1 aromatic rings. The number of amides is 1. The van der Waals surface area contributed by atoms with Gasteiger partial charge >= 0.3 is 0 Å². The predicted octanol–water partition coefficient (Wildman–Crippen LogP) is 3.83. The lowest BCUT2D eigenvalue weighted by Crippen LogP contribution is -2.41. The zero-order valence-corrected chi connectivity index (χ0v) is 13.7. The molecule has 0 bridgehead atoms. The largest absolute Gasteiger partial charge is 0.372 e. The van der Waals surface area contributed by atoms with Crippen LogP contribution in [0.25, 0.3) is 0 Å². The number of halogens is 3. The molecule has 0 heterocycles. The highest BCUT2D eigenvalue weighted by molar-refractivity contribution is 6.68. The van der Waals surface area contributed by atoms with Gasteiger partial charge in [-0.05, 0) is 18.1 Å². The summed E-state index contributed by atoms with van der Waals surface area (Å²) in [4.78, 5) is 11.9. The van der Waals surface area contributed by atoms with E-state index in [-0.39, 0.29) is 12.5 Å². The Balaban J connectivity index is 2.56. The lowest BCUT2D eigenvalue weighted by atomic mass is 10.2. The SMILES string of the molecule is CC(C)CO[C@@H](CNC(=O)c1ccccc1)C(Cl)(Cl)Cl. The van der Waals surface area contributed by atoms with Crippen molar-refractivity contribution in [1.29, 1.82) is 0 Å². The molecule has 0 fully saturated rings. The predicted molar refractivity (Wildman–Crippen MR) is 83.6 cm³/mol. The van der Waals surface area contributed by atoms with Gasteiger partial charge in [-0.2, -0.15) is 0 Å². The maximum atomic E-state index is 11.9. The summed E-state index contributed by atoms with van der Waals surface area (Å²) in [6.07, 6.45) is -0.692. The summed E-state index contributed by atoms with van der Waals surface area (Å²) in [5, 5.41) is 2.71. The molecule has 0 spiro atoms. The van der Waals surface area contributed by atoms with Crippen LogP contribution in [-0.2, 0) is 4.74 Å². The fourth-order valence-corrected chi connectivity index (χ4v) is 1.88. The summed E-state index contributed by atoms with van der Waals surface area (Å²) in [7, 11) is 0. The van der Waals surface area contributed by atoms with Crippen LogP contribution in [0.2, 0.25) is 0 Å². The highest BCUT2D eigenvalue weighted by atomic mass is 35.6. The van der Waals surface area contributed by atoms with Crippen molar-refractivity contribution in [2.24, 2.45) is 5.92 Å². The molecule has 1 aromatic carbocycles. The average molecular weight is 339 g/mol. The van der Waals surface area contributed by atoms with Crippen molar-refractivity contribution in [3.63, 3.8) is 0 Å². The summed E-state index contributed by atoms with van der Waals surface area (Å²) in [5.74, 6) is 0.0904. The van der Waals surface area contributed by atoms with E-state index >= 15 is 0 Å². The molecule has 20 heavy (non-hydrogen) atoms. The molecule has 1 rings (SSSR count). The number of benzene rings is 1. The summed E-state index contributed by atoms with van der Waals surface area (Å²) in [6, 6.07) is 8.85. The first-order chi connectivity index (χ1) is 9.30. The van der Waals surface area contributed by atoms with Crippen LogP contribution in [0.5, 0.6) is 0 Å². The van der Waals surface area contributed by atoms with E-state index in [1.54, 1.807) is 24.3 Å². The standard InChI is InChI=1S/C14H18Cl3NO2/c1-10(2)9-20-12(14(15,16)17)8-18-13(19)11-6-4-3-5-7-11/h3-7,10,12H,8-9H2,1-2H3,(H,18,19)/t12-/m0/s1. The molecule has 0 aliphatic rings. The van der Waals surface area contributed by atoms with Crippen LogP contribution in [0.1, 0.15) is 24.2 Å². The molecular weight excluding hydrogens is 321 g/mol. The van der Waals surface area contributed by atoms with Gasteiger partial charge in [0.05, 0.1) is 0 Å². The molecule has 0 aliphatic carbocycles. The summed E-state index contributed by atoms with van der Waals surface area (Å²) in [5.41, 5.74) is 0.555. The molecule has 0 unspecified atom stereocenters. The van der Waals surface area contributed by atoms with Gasteiger partial charge in [-0.3, -0.25) is 4.79 Å². The van der Waals surface area contributed by atoms with E-state index in [1.807, 2.05) is 19.9 Å². The van der Waals surface area contributed by atoms with Crippen molar-refractivity contribution in [1.82, 2.24) is 5.32 Å². The second-order valence-corrected chi connectivity index (χ2v) is 7.20. The molecule has 1 amide bonds. The van der Waals surface area contributed by atoms with Gasteiger partial charge in [0.15, 0.2) is 0 Å². The van der Waals surface area contributed by atoms with Gasteiger partial charge in [-0.15, -0.1) is 0 Å². The first-order valence-electron chi connectivity index (χ1n) is 6.32. The molecule has 0 aromatic heterocycles. The van der Waals surface area contributed by atoms with Crippen molar-refractivity contribution < 1.29 is 9.53 Å². The molecule has 0 saturated carbocycles. The van der Waals surface area contributed by atoms with Gasteiger partial charge in [0.1, 0.15) is 6.10 Å². The Kier molecular flexibility index (Phi) is 7.10. The summed E-state index contributed by atoms with van der Waals surface area (Å²) >= 11 is 17.6. The van der Waals surface area contributed by atoms with Crippen LogP contribution >= 0.6 is 34.8 Å². The third kappa shape index (κ3) is 6.31. The first kappa shape index (κ1) is 17.6. The van der Waals surface area contributed by atoms with Crippen molar-refractivity contribution in [3.05, 3.63) is 35.9 Å². The molecule has 1 atom stereocenters. The third-order valence-corrected chi connectivity index (χ3v) is 3.21. The number of alkyl halides is 3. The van der Waals surface area contributed by atoms with Crippen molar-refractivity contribution >= 4 is 40.7 Å². The maximum Gasteiger partial charge on any atom is 0.251 e. The Morgan fingerprint density at radius 1 is 1.25 bits per heavy atom. The molecule has 112 valence electrons. The minimum atomic E-state index is -1.58. The lowest BCUT2D eigenvalue weighted by molar-refractivity contribution is 0.0375. The Morgan fingerprint density at radius 3 is 2.35 bits per heavy atom.